The zero-order valence-electron chi connectivity index (χ0n) is 20.0. The number of aliphatic carboxylic acids is 1. The van der Waals surface area contributed by atoms with Crippen LogP contribution in [0.4, 0.5) is 5.69 Å². The maximum absolute atomic E-state index is 13.5. The van der Waals surface area contributed by atoms with Gasteiger partial charge in [-0.25, -0.2) is 4.79 Å². The molecule has 0 saturated carbocycles. The third kappa shape index (κ3) is 6.09. The third-order valence-corrected chi connectivity index (χ3v) is 7.68. The van der Waals surface area contributed by atoms with Crippen molar-refractivity contribution in [3.8, 4) is 0 Å². The van der Waals surface area contributed by atoms with Gasteiger partial charge in [-0.05, 0) is 79.7 Å². The van der Waals surface area contributed by atoms with Crippen LogP contribution in [0.2, 0.25) is 10.0 Å². The van der Waals surface area contributed by atoms with Crippen molar-refractivity contribution >= 4 is 46.7 Å². The summed E-state index contributed by atoms with van der Waals surface area (Å²) in [7, 11) is 1.84. The van der Waals surface area contributed by atoms with Gasteiger partial charge in [0.05, 0.1) is 22.5 Å². The molecule has 9 heteroatoms. The Balaban J connectivity index is 1.63. The largest absolute Gasteiger partial charge is 0.478 e. The molecule has 0 radical (unpaired) electrons. The lowest BCUT2D eigenvalue weighted by molar-refractivity contribution is -0.133. The van der Waals surface area contributed by atoms with Crippen molar-refractivity contribution in [2.45, 2.75) is 44.2 Å². The average molecular weight is 530 g/mol. The fourth-order valence-electron chi connectivity index (χ4n) is 5.20. The van der Waals surface area contributed by atoms with Gasteiger partial charge in [-0.15, -0.1) is 0 Å². The molecule has 0 bridgehead atoms. The molecule has 0 aromatic heterocycles. The Morgan fingerprint density at radius 2 is 1.83 bits per heavy atom. The van der Waals surface area contributed by atoms with Crippen LogP contribution < -0.4 is 5.32 Å². The molecule has 4 rings (SSSR count). The van der Waals surface area contributed by atoms with E-state index in [0.717, 1.165) is 67.6 Å². The number of hydrogen-bond donors (Lipinski definition) is 2. The fraction of sp³-hybridized carbons (Fsp3) is 0.370. The van der Waals surface area contributed by atoms with E-state index in [0.29, 0.717) is 15.7 Å². The second-order valence-electron chi connectivity index (χ2n) is 9.30. The Morgan fingerprint density at radius 1 is 1.08 bits per heavy atom. The van der Waals surface area contributed by atoms with Crippen LogP contribution in [0.25, 0.3) is 0 Å². The highest BCUT2D eigenvalue weighted by Crippen LogP contribution is 2.39. The number of nitrogens with zero attached hydrogens (tertiary/aromatic N) is 2. The lowest BCUT2D eigenvalue weighted by Gasteiger charge is -2.43. The van der Waals surface area contributed by atoms with E-state index in [9.17, 15) is 14.4 Å². The molecule has 2 N–H and O–H groups in total. The van der Waals surface area contributed by atoms with Gasteiger partial charge in [0.2, 0.25) is 11.8 Å². The first-order valence-electron chi connectivity index (χ1n) is 12.0. The molecule has 2 aliphatic rings. The van der Waals surface area contributed by atoms with Gasteiger partial charge in [0.1, 0.15) is 0 Å². The number of carbonyl (C=O) groups excluding carboxylic acids is 2. The van der Waals surface area contributed by atoms with Gasteiger partial charge in [0.15, 0.2) is 0 Å². The summed E-state index contributed by atoms with van der Waals surface area (Å²) in [5.74, 6) is -1.75. The molecule has 1 aliphatic heterocycles. The van der Waals surface area contributed by atoms with Gasteiger partial charge in [-0.2, -0.15) is 0 Å². The first kappa shape index (κ1) is 26.2. The van der Waals surface area contributed by atoms with Crippen molar-refractivity contribution in [2.75, 3.05) is 25.5 Å². The van der Waals surface area contributed by atoms with Crippen molar-refractivity contribution in [1.29, 1.82) is 0 Å². The fourth-order valence-corrected chi connectivity index (χ4v) is 5.52. The summed E-state index contributed by atoms with van der Waals surface area (Å²) in [6, 6.07) is 10.9. The molecule has 2 amide bonds. The number of hydrogen-bond acceptors (Lipinski definition) is 4. The Labute approximate surface area is 220 Å². The Hall–Kier alpha value is -2.87. The standard InChI is InChI=1S/C27H29Cl2N3O4/c1-31(25(34)15-17-4-8-21(28)22(29)14-17)27-20-16-19(30-24(33)10-11-26(35)36)7-5-18(20)6-9-23(27)32-12-2-3-13-32/h4-5,7-8,10-11,14,16,23,27H,2-3,6,9,12-13,15H2,1H3,(H,30,33)(H,35,36)/b11-10-. The van der Waals surface area contributed by atoms with E-state index in [1.54, 1.807) is 12.1 Å². The normalized spacial score (nSPS) is 19.8. The molecule has 1 saturated heterocycles. The minimum Gasteiger partial charge on any atom is -0.478 e. The maximum Gasteiger partial charge on any atom is 0.328 e. The molecular formula is C27H29Cl2N3O4. The smallest absolute Gasteiger partial charge is 0.328 e. The summed E-state index contributed by atoms with van der Waals surface area (Å²) in [6.07, 6.45) is 6.09. The number of benzene rings is 2. The van der Waals surface area contributed by atoms with Crippen LogP contribution in [0.5, 0.6) is 0 Å². The van der Waals surface area contributed by atoms with Crippen molar-refractivity contribution in [3.63, 3.8) is 0 Å². The minimum absolute atomic E-state index is 0.0331. The van der Waals surface area contributed by atoms with E-state index >= 15 is 0 Å². The van der Waals surface area contributed by atoms with E-state index in [2.05, 4.69) is 10.2 Å². The number of carboxylic acid groups (broad SMARTS) is 1. The molecular weight excluding hydrogens is 501 g/mol. The van der Waals surface area contributed by atoms with E-state index in [1.165, 1.54) is 0 Å². The molecule has 0 spiro atoms. The van der Waals surface area contributed by atoms with Gasteiger partial charge < -0.3 is 15.3 Å². The highest BCUT2D eigenvalue weighted by Gasteiger charge is 2.38. The van der Waals surface area contributed by atoms with Crippen LogP contribution in [-0.4, -0.2) is 58.9 Å². The zero-order chi connectivity index (χ0) is 25.8. The highest BCUT2D eigenvalue weighted by molar-refractivity contribution is 6.42. The molecule has 1 heterocycles. The summed E-state index contributed by atoms with van der Waals surface area (Å²) < 4.78 is 0. The van der Waals surface area contributed by atoms with Crippen molar-refractivity contribution in [3.05, 3.63) is 75.3 Å². The predicted molar refractivity (Wildman–Crippen MR) is 140 cm³/mol. The number of anilines is 1. The molecule has 2 aromatic rings. The van der Waals surface area contributed by atoms with Crippen molar-refractivity contribution < 1.29 is 19.5 Å². The van der Waals surface area contributed by atoms with Gasteiger partial charge in [0, 0.05) is 30.9 Å². The molecule has 1 aliphatic carbocycles. The summed E-state index contributed by atoms with van der Waals surface area (Å²) >= 11 is 12.2. The van der Waals surface area contributed by atoms with Gasteiger partial charge in [-0.1, -0.05) is 35.3 Å². The molecule has 7 nitrogen and oxygen atoms in total. The van der Waals surface area contributed by atoms with Gasteiger partial charge >= 0.3 is 5.97 Å². The maximum atomic E-state index is 13.5. The number of carbonyl (C=O) groups is 3. The summed E-state index contributed by atoms with van der Waals surface area (Å²) in [5.41, 5.74) is 3.50. The molecule has 36 heavy (non-hydrogen) atoms. The number of fused-ring (bicyclic) bond motifs is 1. The van der Waals surface area contributed by atoms with Gasteiger partial charge in [-0.3, -0.25) is 14.5 Å². The number of nitrogens with one attached hydrogen (secondary N) is 1. The first-order valence-corrected chi connectivity index (χ1v) is 12.8. The summed E-state index contributed by atoms with van der Waals surface area (Å²) in [6.45, 7) is 2.00. The minimum atomic E-state index is -1.19. The molecule has 2 atom stereocenters. The van der Waals surface area contributed by atoms with Crippen molar-refractivity contribution in [1.82, 2.24) is 9.80 Å². The van der Waals surface area contributed by atoms with Crippen LogP contribution in [-0.2, 0) is 27.2 Å². The molecule has 190 valence electrons. The SMILES string of the molecule is CN(C(=O)Cc1ccc(Cl)c(Cl)c1)C1c2cc(NC(=O)/C=C\C(=O)O)ccc2CCC1N1CCCC1. The molecule has 2 unspecified atom stereocenters. The monoisotopic (exact) mass is 529 g/mol. The number of likely N-dealkylation sites (tertiary alicyclic amines) is 1. The summed E-state index contributed by atoms with van der Waals surface area (Å²) in [4.78, 5) is 40.7. The van der Waals surface area contributed by atoms with E-state index in [-0.39, 0.29) is 24.4 Å². The molecule has 1 fully saturated rings. The summed E-state index contributed by atoms with van der Waals surface area (Å²) in [5, 5.41) is 12.4. The number of aryl methyl sites for hydroxylation is 1. The second-order valence-corrected chi connectivity index (χ2v) is 10.1. The number of halogens is 2. The lowest BCUT2D eigenvalue weighted by Crippen LogP contribution is -2.48. The Morgan fingerprint density at radius 3 is 2.53 bits per heavy atom. The van der Waals surface area contributed by atoms with Crippen molar-refractivity contribution in [2.24, 2.45) is 0 Å². The Bertz CT molecular complexity index is 1190. The third-order valence-electron chi connectivity index (χ3n) is 6.94. The van der Waals surface area contributed by atoms with Crippen LogP contribution in [0.3, 0.4) is 0 Å². The number of amides is 2. The molecule has 2 aromatic carbocycles. The average Bonchev–Trinajstić information content (AvgIpc) is 3.38. The zero-order valence-corrected chi connectivity index (χ0v) is 21.6. The van der Waals surface area contributed by atoms with E-state index in [4.69, 9.17) is 28.3 Å². The van der Waals surface area contributed by atoms with Gasteiger partial charge in [0.25, 0.3) is 0 Å². The second kappa shape index (κ2) is 11.5. The van der Waals surface area contributed by atoms with Crippen LogP contribution in [0, 0.1) is 0 Å². The number of carboxylic acids is 1. The van der Waals surface area contributed by atoms with E-state index < -0.39 is 11.9 Å². The lowest BCUT2D eigenvalue weighted by atomic mass is 9.82. The quantitative estimate of drug-likeness (QED) is 0.506. The number of likely N-dealkylation sites (N-methyl/N-ethyl adjacent to an activating group) is 1. The van der Waals surface area contributed by atoms with Crippen LogP contribution in [0.15, 0.2) is 48.6 Å². The van der Waals surface area contributed by atoms with E-state index in [1.807, 2.05) is 36.2 Å². The van der Waals surface area contributed by atoms with Crippen LogP contribution >= 0.6 is 23.2 Å². The predicted octanol–water partition coefficient (Wildman–Crippen LogP) is 4.73. The van der Waals surface area contributed by atoms with Crippen LogP contribution in [0.1, 0.15) is 42.0 Å². The first-order chi connectivity index (χ1) is 17.2. The topological polar surface area (TPSA) is 90.0 Å². The Kier molecular flexibility index (Phi) is 8.34. The number of rotatable bonds is 7. The highest BCUT2D eigenvalue weighted by atomic mass is 35.5.